The number of benzene rings is 2. The van der Waals surface area contributed by atoms with Crippen molar-refractivity contribution in [1.29, 1.82) is 0 Å². The quantitative estimate of drug-likeness (QED) is 0.536. The highest BCUT2D eigenvalue weighted by atomic mass is 32.2. The molecule has 0 radical (unpaired) electrons. The normalized spacial score (nSPS) is 10.9. The number of para-hydroxylation sites is 1. The fourth-order valence-electron chi connectivity index (χ4n) is 2.80. The Bertz CT molecular complexity index is 941. The highest BCUT2D eigenvalue weighted by molar-refractivity contribution is 7.99. The molecule has 1 amide bonds. The van der Waals surface area contributed by atoms with Crippen LogP contribution < -0.4 is 10.1 Å². The maximum Gasteiger partial charge on any atom is 0.230 e. The Hall–Kier alpha value is -2.80. The van der Waals surface area contributed by atoms with Gasteiger partial charge < -0.3 is 10.1 Å². The number of hydrogen-bond acceptors (Lipinski definition) is 5. The van der Waals surface area contributed by atoms with Gasteiger partial charge in [-0.1, -0.05) is 55.9 Å². The van der Waals surface area contributed by atoms with Gasteiger partial charge in [-0.2, -0.15) is 0 Å². The van der Waals surface area contributed by atoms with Crippen LogP contribution in [0, 0.1) is 5.92 Å². The van der Waals surface area contributed by atoms with Gasteiger partial charge in [0, 0.05) is 17.8 Å². The van der Waals surface area contributed by atoms with Crippen LogP contribution in [0.2, 0.25) is 0 Å². The van der Waals surface area contributed by atoms with E-state index in [1.807, 2.05) is 59.2 Å². The highest BCUT2D eigenvalue weighted by Gasteiger charge is 2.17. The second-order valence-electron chi connectivity index (χ2n) is 7.03. The van der Waals surface area contributed by atoms with Crippen LogP contribution in [0.4, 0.5) is 0 Å². The summed E-state index contributed by atoms with van der Waals surface area (Å²) in [5.41, 5.74) is 1.84. The number of hydrogen-bond donors (Lipinski definition) is 1. The number of nitrogens with zero attached hydrogens (tertiary/aromatic N) is 3. The molecule has 0 saturated carbocycles. The lowest BCUT2D eigenvalue weighted by Crippen LogP contribution is -2.27. The molecule has 0 fully saturated rings. The van der Waals surface area contributed by atoms with Crippen LogP contribution in [0.5, 0.6) is 5.75 Å². The summed E-state index contributed by atoms with van der Waals surface area (Å²) in [6.45, 7) is 4.98. The molecule has 7 heteroatoms. The number of methoxy groups -OCH3 is 1. The van der Waals surface area contributed by atoms with Gasteiger partial charge in [0.15, 0.2) is 11.0 Å². The molecule has 1 N–H and O–H groups in total. The summed E-state index contributed by atoms with van der Waals surface area (Å²) >= 11 is 1.38. The molecule has 29 heavy (non-hydrogen) atoms. The van der Waals surface area contributed by atoms with Crippen molar-refractivity contribution < 1.29 is 9.53 Å². The van der Waals surface area contributed by atoms with Gasteiger partial charge in [0.1, 0.15) is 5.75 Å². The number of nitrogens with one attached hydrogen (secondary N) is 1. The van der Waals surface area contributed by atoms with E-state index in [1.165, 1.54) is 11.8 Å². The van der Waals surface area contributed by atoms with Gasteiger partial charge in [-0.3, -0.25) is 9.36 Å². The predicted octanol–water partition coefficient (Wildman–Crippen LogP) is 4.20. The molecule has 152 valence electrons. The average Bonchev–Trinajstić information content (AvgIpc) is 3.16. The first-order valence-electron chi connectivity index (χ1n) is 9.63. The third kappa shape index (κ3) is 5.60. The highest BCUT2D eigenvalue weighted by Crippen LogP contribution is 2.29. The van der Waals surface area contributed by atoms with E-state index >= 15 is 0 Å². The fraction of sp³-hybridized carbons (Fsp3) is 0.318. The van der Waals surface area contributed by atoms with Crippen LogP contribution in [0.15, 0.2) is 59.8 Å². The Labute approximate surface area is 175 Å². The lowest BCUT2D eigenvalue weighted by Gasteiger charge is -2.11. The van der Waals surface area contributed by atoms with Crippen LogP contribution >= 0.6 is 11.8 Å². The molecule has 2 aromatic carbocycles. The van der Waals surface area contributed by atoms with Crippen molar-refractivity contribution in [1.82, 2.24) is 20.1 Å². The zero-order valence-electron chi connectivity index (χ0n) is 17.0. The van der Waals surface area contributed by atoms with Crippen LogP contribution in [0.3, 0.4) is 0 Å². The lowest BCUT2D eigenvalue weighted by atomic mass is 10.1. The molecule has 0 saturated heterocycles. The first-order chi connectivity index (χ1) is 14.1. The van der Waals surface area contributed by atoms with Crippen molar-refractivity contribution >= 4 is 17.7 Å². The average molecular weight is 411 g/mol. The molecule has 0 aliphatic heterocycles. The Morgan fingerprint density at radius 2 is 1.93 bits per heavy atom. The second kappa shape index (κ2) is 10.1. The molecule has 6 nitrogen and oxygen atoms in total. The first-order valence-corrected chi connectivity index (χ1v) is 10.6. The minimum atomic E-state index is 0.00110. The van der Waals surface area contributed by atoms with Gasteiger partial charge in [0.25, 0.3) is 0 Å². The number of aromatic nitrogens is 3. The van der Waals surface area contributed by atoms with E-state index in [-0.39, 0.29) is 5.91 Å². The van der Waals surface area contributed by atoms with E-state index in [0.717, 1.165) is 23.4 Å². The zero-order valence-corrected chi connectivity index (χ0v) is 17.8. The summed E-state index contributed by atoms with van der Waals surface area (Å²) in [6, 6.07) is 17.6. The van der Waals surface area contributed by atoms with Crippen LogP contribution in [0.1, 0.15) is 20.3 Å². The number of carbonyl (C=O) groups is 1. The van der Waals surface area contributed by atoms with E-state index in [4.69, 9.17) is 4.74 Å². The van der Waals surface area contributed by atoms with Gasteiger partial charge in [-0.15, -0.1) is 10.2 Å². The summed E-state index contributed by atoms with van der Waals surface area (Å²) in [6.07, 6.45) is 0.969. The SMILES string of the molecule is COc1cccc(-c2nnc(SCC(=O)NCCC(C)C)n2-c2ccccc2)c1. The maximum atomic E-state index is 12.2. The Balaban J connectivity index is 1.84. The smallest absolute Gasteiger partial charge is 0.230 e. The number of thioether (sulfide) groups is 1. The Morgan fingerprint density at radius 3 is 2.66 bits per heavy atom. The molecule has 0 atom stereocenters. The third-order valence-electron chi connectivity index (χ3n) is 4.35. The minimum Gasteiger partial charge on any atom is -0.497 e. The van der Waals surface area contributed by atoms with Gasteiger partial charge in [-0.25, -0.2) is 0 Å². The molecule has 0 unspecified atom stereocenters. The molecular weight excluding hydrogens is 384 g/mol. The first kappa shape index (κ1) is 20.9. The molecule has 0 bridgehead atoms. The van der Waals surface area contributed by atoms with Crippen LogP contribution in [-0.2, 0) is 4.79 Å². The van der Waals surface area contributed by atoms with Gasteiger partial charge in [0.05, 0.1) is 12.9 Å². The number of ether oxygens (including phenoxy) is 1. The maximum absolute atomic E-state index is 12.2. The third-order valence-corrected chi connectivity index (χ3v) is 5.28. The van der Waals surface area contributed by atoms with Crippen molar-refractivity contribution in [2.24, 2.45) is 5.92 Å². The number of carbonyl (C=O) groups excluding carboxylic acids is 1. The van der Waals surface area contributed by atoms with Crippen molar-refractivity contribution in [2.75, 3.05) is 19.4 Å². The summed E-state index contributed by atoms with van der Waals surface area (Å²) in [4.78, 5) is 12.2. The second-order valence-corrected chi connectivity index (χ2v) is 7.97. The lowest BCUT2D eigenvalue weighted by molar-refractivity contribution is -0.118. The van der Waals surface area contributed by atoms with Gasteiger partial charge >= 0.3 is 0 Å². The summed E-state index contributed by atoms with van der Waals surface area (Å²) < 4.78 is 7.32. The van der Waals surface area contributed by atoms with Crippen LogP contribution in [-0.4, -0.2) is 40.1 Å². The minimum absolute atomic E-state index is 0.00110. The summed E-state index contributed by atoms with van der Waals surface area (Å²) in [5, 5.41) is 12.4. The number of rotatable bonds is 9. The van der Waals surface area contributed by atoms with Gasteiger partial charge in [-0.05, 0) is 36.6 Å². The van der Waals surface area contributed by atoms with Crippen molar-refractivity contribution in [2.45, 2.75) is 25.4 Å². The molecule has 0 aliphatic carbocycles. The van der Waals surface area contributed by atoms with Crippen LogP contribution in [0.25, 0.3) is 17.1 Å². The fourth-order valence-corrected chi connectivity index (χ4v) is 3.59. The Kier molecular flexibility index (Phi) is 7.30. The van der Waals surface area contributed by atoms with E-state index in [1.54, 1.807) is 7.11 Å². The van der Waals surface area contributed by atoms with E-state index in [0.29, 0.717) is 29.2 Å². The monoisotopic (exact) mass is 410 g/mol. The zero-order chi connectivity index (χ0) is 20.6. The van der Waals surface area contributed by atoms with E-state index < -0.39 is 0 Å². The van der Waals surface area contributed by atoms with Crippen molar-refractivity contribution in [3.63, 3.8) is 0 Å². The molecule has 1 aromatic heterocycles. The van der Waals surface area contributed by atoms with E-state index in [2.05, 4.69) is 29.4 Å². The molecular formula is C22H26N4O2S. The van der Waals surface area contributed by atoms with Crippen molar-refractivity contribution in [3.05, 3.63) is 54.6 Å². The summed E-state index contributed by atoms with van der Waals surface area (Å²) in [5.74, 6) is 2.32. The van der Waals surface area contributed by atoms with E-state index in [9.17, 15) is 4.79 Å². The number of amides is 1. The Morgan fingerprint density at radius 1 is 1.14 bits per heavy atom. The molecule has 0 spiro atoms. The topological polar surface area (TPSA) is 69.0 Å². The summed E-state index contributed by atoms with van der Waals surface area (Å²) in [7, 11) is 1.64. The molecule has 3 aromatic rings. The predicted molar refractivity (Wildman–Crippen MR) is 117 cm³/mol. The largest absolute Gasteiger partial charge is 0.497 e. The molecule has 3 rings (SSSR count). The van der Waals surface area contributed by atoms with Gasteiger partial charge in [0.2, 0.25) is 5.91 Å². The molecule has 1 heterocycles. The molecule has 0 aliphatic rings. The van der Waals surface area contributed by atoms with Crippen molar-refractivity contribution in [3.8, 4) is 22.8 Å². The standard InChI is InChI=1S/C22H26N4O2S/c1-16(2)12-13-23-20(27)15-29-22-25-24-21(17-8-7-11-19(14-17)28-3)26(22)18-9-5-4-6-10-18/h4-11,14,16H,12-13,15H2,1-3H3,(H,23,27).